The summed E-state index contributed by atoms with van der Waals surface area (Å²) in [4.78, 5) is 13.0. The molecule has 0 aliphatic heterocycles. The van der Waals surface area contributed by atoms with Crippen molar-refractivity contribution in [1.29, 1.82) is 0 Å². The molecule has 0 aromatic heterocycles. The lowest BCUT2D eigenvalue weighted by atomic mass is 9.94. The Morgan fingerprint density at radius 2 is 1.86 bits per heavy atom. The minimum atomic E-state index is -1.57. The van der Waals surface area contributed by atoms with E-state index in [1.807, 2.05) is 7.05 Å². The summed E-state index contributed by atoms with van der Waals surface area (Å²) in [5, 5.41) is 2.31. The molecule has 1 saturated carbocycles. The lowest BCUT2D eigenvalue weighted by Gasteiger charge is -2.27. The van der Waals surface area contributed by atoms with Crippen molar-refractivity contribution in [2.45, 2.75) is 38.1 Å². The number of hydrogen-bond donors (Lipinski definition) is 2. The fourth-order valence-electron chi connectivity index (χ4n) is 2.81. The largest absolute Gasteiger partial charge is 0.327 e. The maximum absolute atomic E-state index is 13.5. The van der Waals surface area contributed by atoms with Crippen molar-refractivity contribution in [3.63, 3.8) is 0 Å². The van der Waals surface area contributed by atoms with Gasteiger partial charge in [0.2, 0.25) is 0 Å². The van der Waals surface area contributed by atoms with Crippen LogP contribution in [0.5, 0.6) is 0 Å². The van der Waals surface area contributed by atoms with Crippen molar-refractivity contribution in [1.82, 2.24) is 0 Å². The van der Waals surface area contributed by atoms with Gasteiger partial charge < -0.3 is 10.2 Å². The van der Waals surface area contributed by atoms with Gasteiger partial charge in [0, 0.05) is 0 Å². The third kappa shape index (κ3) is 3.97. The number of rotatable bonds is 4. The summed E-state index contributed by atoms with van der Waals surface area (Å²) in [7, 11) is 1.93. The third-order valence-corrected chi connectivity index (χ3v) is 4.05. The summed E-state index contributed by atoms with van der Waals surface area (Å²) in [6.07, 6.45) is 5.73. The SMILES string of the molecule is C[NH+](CC(=O)Nc1ccc(F)c(F)c1F)C1CCCCC1. The molecule has 1 aromatic carbocycles. The summed E-state index contributed by atoms with van der Waals surface area (Å²) in [6, 6.07) is 2.26. The normalized spacial score (nSPS) is 17.5. The van der Waals surface area contributed by atoms with Gasteiger partial charge in [0.15, 0.2) is 24.0 Å². The number of hydrogen-bond acceptors (Lipinski definition) is 1. The average Bonchev–Trinajstić information content (AvgIpc) is 2.49. The predicted octanol–water partition coefficient (Wildman–Crippen LogP) is 1.89. The molecule has 21 heavy (non-hydrogen) atoms. The Hall–Kier alpha value is -1.56. The van der Waals surface area contributed by atoms with Crippen molar-refractivity contribution in [3.8, 4) is 0 Å². The van der Waals surface area contributed by atoms with Crippen molar-refractivity contribution >= 4 is 11.6 Å². The molecule has 2 N–H and O–H groups in total. The van der Waals surface area contributed by atoms with Gasteiger partial charge in [-0.15, -0.1) is 0 Å². The molecule has 1 aliphatic rings. The first-order valence-corrected chi connectivity index (χ1v) is 7.24. The zero-order valence-electron chi connectivity index (χ0n) is 12.0. The number of anilines is 1. The maximum Gasteiger partial charge on any atom is 0.279 e. The van der Waals surface area contributed by atoms with Gasteiger partial charge in [0.05, 0.1) is 18.8 Å². The van der Waals surface area contributed by atoms with Gasteiger partial charge in [-0.25, -0.2) is 13.2 Å². The van der Waals surface area contributed by atoms with Gasteiger partial charge >= 0.3 is 0 Å². The number of carbonyl (C=O) groups excluding carboxylic acids is 1. The number of halogens is 3. The van der Waals surface area contributed by atoms with Crippen LogP contribution in [0.1, 0.15) is 32.1 Å². The number of quaternary nitrogens is 1. The van der Waals surface area contributed by atoms with Crippen LogP contribution in [0, 0.1) is 17.5 Å². The summed E-state index contributed by atoms with van der Waals surface area (Å²) in [5.74, 6) is -4.60. The summed E-state index contributed by atoms with van der Waals surface area (Å²) in [5.41, 5.74) is -0.324. The molecule has 1 unspecified atom stereocenters. The number of likely N-dealkylation sites (N-methyl/N-ethyl adjacent to an activating group) is 1. The second-order valence-electron chi connectivity index (χ2n) is 5.63. The minimum Gasteiger partial charge on any atom is -0.327 e. The molecule has 0 bridgehead atoms. The van der Waals surface area contributed by atoms with Crippen LogP contribution in [0.4, 0.5) is 18.9 Å². The van der Waals surface area contributed by atoms with Crippen molar-refractivity contribution in [2.24, 2.45) is 0 Å². The van der Waals surface area contributed by atoms with Gasteiger partial charge in [-0.1, -0.05) is 6.42 Å². The van der Waals surface area contributed by atoms with E-state index in [1.165, 1.54) is 19.3 Å². The Morgan fingerprint density at radius 3 is 2.52 bits per heavy atom. The number of carbonyl (C=O) groups is 1. The topological polar surface area (TPSA) is 33.5 Å². The molecule has 0 saturated heterocycles. The van der Waals surface area contributed by atoms with Crippen LogP contribution < -0.4 is 10.2 Å². The van der Waals surface area contributed by atoms with E-state index < -0.39 is 23.4 Å². The lowest BCUT2D eigenvalue weighted by Crippen LogP contribution is -3.14. The van der Waals surface area contributed by atoms with Gasteiger partial charge in [-0.2, -0.15) is 0 Å². The molecule has 2 rings (SSSR count). The van der Waals surface area contributed by atoms with E-state index in [9.17, 15) is 18.0 Å². The molecule has 1 aliphatic carbocycles. The van der Waals surface area contributed by atoms with Crippen molar-refractivity contribution in [2.75, 3.05) is 18.9 Å². The summed E-state index contributed by atoms with van der Waals surface area (Å²) in [6.45, 7) is 0.184. The van der Waals surface area contributed by atoms with Crippen LogP contribution >= 0.6 is 0 Å². The summed E-state index contributed by atoms with van der Waals surface area (Å²) >= 11 is 0. The number of nitrogens with one attached hydrogen (secondary N) is 2. The van der Waals surface area contributed by atoms with Crippen LogP contribution in [0.2, 0.25) is 0 Å². The molecule has 0 heterocycles. The lowest BCUT2D eigenvalue weighted by molar-refractivity contribution is -0.899. The molecule has 116 valence electrons. The van der Waals surface area contributed by atoms with Gasteiger partial charge in [-0.3, -0.25) is 4.79 Å². The fourth-order valence-corrected chi connectivity index (χ4v) is 2.81. The molecule has 0 spiro atoms. The zero-order valence-corrected chi connectivity index (χ0v) is 12.0. The smallest absolute Gasteiger partial charge is 0.279 e. The third-order valence-electron chi connectivity index (χ3n) is 4.05. The average molecular weight is 301 g/mol. The standard InChI is InChI=1S/C15H19F3N2O/c1-20(10-5-3-2-4-6-10)9-13(21)19-12-8-7-11(16)14(17)15(12)18/h7-8,10H,2-6,9H2,1H3,(H,19,21)/p+1. The second kappa shape index (κ2) is 6.93. The molecule has 1 fully saturated rings. The van der Waals surface area contributed by atoms with Crippen LogP contribution in [-0.2, 0) is 4.79 Å². The van der Waals surface area contributed by atoms with E-state index in [4.69, 9.17) is 0 Å². The molecule has 0 radical (unpaired) electrons. The van der Waals surface area contributed by atoms with E-state index in [2.05, 4.69) is 5.32 Å². The predicted molar refractivity (Wildman–Crippen MR) is 73.6 cm³/mol. The highest BCUT2D eigenvalue weighted by Gasteiger charge is 2.24. The first-order chi connectivity index (χ1) is 9.99. The van der Waals surface area contributed by atoms with E-state index in [0.29, 0.717) is 6.04 Å². The Balaban J connectivity index is 1.94. The first-order valence-electron chi connectivity index (χ1n) is 7.24. The van der Waals surface area contributed by atoms with Crippen LogP contribution in [-0.4, -0.2) is 25.5 Å². The minimum absolute atomic E-state index is 0.184. The quantitative estimate of drug-likeness (QED) is 0.818. The highest BCUT2D eigenvalue weighted by Crippen LogP contribution is 2.19. The van der Waals surface area contributed by atoms with Gasteiger partial charge in [0.25, 0.3) is 5.91 Å². The maximum atomic E-state index is 13.5. The highest BCUT2D eigenvalue weighted by molar-refractivity contribution is 5.91. The van der Waals surface area contributed by atoms with Crippen molar-refractivity contribution in [3.05, 3.63) is 29.6 Å². The van der Waals surface area contributed by atoms with Crippen LogP contribution in [0.25, 0.3) is 0 Å². The Labute approximate surface area is 122 Å². The van der Waals surface area contributed by atoms with E-state index in [1.54, 1.807) is 0 Å². The van der Waals surface area contributed by atoms with Crippen molar-refractivity contribution < 1.29 is 22.9 Å². The second-order valence-corrected chi connectivity index (χ2v) is 5.63. The van der Waals surface area contributed by atoms with E-state index >= 15 is 0 Å². The molecular formula is C15H20F3N2O+. The number of amides is 1. The Bertz CT molecular complexity index is 516. The first kappa shape index (κ1) is 15.8. The molecule has 1 aromatic rings. The molecular weight excluding hydrogens is 281 g/mol. The van der Waals surface area contributed by atoms with Gasteiger partial charge in [0.1, 0.15) is 0 Å². The van der Waals surface area contributed by atoms with Gasteiger partial charge in [-0.05, 0) is 37.8 Å². The van der Waals surface area contributed by atoms with Crippen LogP contribution in [0.3, 0.4) is 0 Å². The monoisotopic (exact) mass is 301 g/mol. The van der Waals surface area contributed by atoms with E-state index in [0.717, 1.165) is 29.9 Å². The highest BCUT2D eigenvalue weighted by atomic mass is 19.2. The zero-order chi connectivity index (χ0) is 15.4. The van der Waals surface area contributed by atoms with Crippen LogP contribution in [0.15, 0.2) is 12.1 Å². The summed E-state index contributed by atoms with van der Waals surface area (Å²) < 4.78 is 39.4. The molecule has 3 nitrogen and oxygen atoms in total. The van der Waals surface area contributed by atoms with E-state index in [-0.39, 0.29) is 12.2 Å². The number of benzene rings is 1. The molecule has 1 amide bonds. The molecule has 1 atom stereocenters. The fraction of sp³-hybridized carbons (Fsp3) is 0.533. The Morgan fingerprint density at radius 1 is 1.19 bits per heavy atom. The molecule has 6 heteroatoms. The Kier molecular flexibility index (Phi) is 5.22.